The predicted molar refractivity (Wildman–Crippen MR) is 140 cm³/mol. The maximum absolute atomic E-state index is 13.3. The average molecular weight is 551 g/mol. The number of nitrogens with zero attached hydrogens (tertiary/aromatic N) is 3. The Morgan fingerprint density at radius 3 is 2.67 bits per heavy atom. The second-order valence-corrected chi connectivity index (χ2v) is 11.6. The number of hydrogen-bond acceptors (Lipinski definition) is 6. The summed E-state index contributed by atoms with van der Waals surface area (Å²) in [5.74, 6) is -0.692. The molecule has 1 N–H and O–H groups in total. The van der Waals surface area contributed by atoms with E-state index in [2.05, 4.69) is 10.3 Å². The van der Waals surface area contributed by atoms with Crippen molar-refractivity contribution in [2.45, 2.75) is 44.2 Å². The fraction of sp³-hybridized carbons (Fsp3) is 0.375. The summed E-state index contributed by atoms with van der Waals surface area (Å²) in [6.45, 7) is 5.04. The van der Waals surface area contributed by atoms with Crippen LogP contribution in [0, 0.1) is 0 Å². The van der Waals surface area contributed by atoms with Gasteiger partial charge >= 0.3 is 0 Å². The number of amides is 2. The predicted octanol–water partition coefficient (Wildman–Crippen LogP) is 3.63. The van der Waals surface area contributed by atoms with E-state index in [1.54, 1.807) is 6.07 Å². The van der Waals surface area contributed by atoms with E-state index in [1.807, 2.05) is 23.6 Å². The van der Waals surface area contributed by atoms with Gasteiger partial charge < -0.3 is 14.6 Å². The molecule has 1 aliphatic rings. The first-order valence-electron chi connectivity index (χ1n) is 11.6. The van der Waals surface area contributed by atoms with Crippen LogP contribution in [0.4, 0.5) is 5.69 Å². The summed E-state index contributed by atoms with van der Waals surface area (Å²) in [5, 5.41) is 3.19. The van der Waals surface area contributed by atoms with Crippen molar-refractivity contribution in [2.75, 3.05) is 25.1 Å². The number of carbonyl (C=O) groups excluding carboxylic acids is 2. The highest BCUT2D eigenvalue weighted by Gasteiger charge is 2.39. The van der Waals surface area contributed by atoms with E-state index in [-0.39, 0.29) is 17.3 Å². The normalized spacial score (nSPS) is 17.1. The van der Waals surface area contributed by atoms with Crippen molar-refractivity contribution in [3.63, 3.8) is 0 Å². The number of hydrogen-bond donors (Lipinski definition) is 1. The number of benzene rings is 2. The second-order valence-electron chi connectivity index (χ2n) is 8.27. The third-order valence-corrected chi connectivity index (χ3v) is 9.00. The summed E-state index contributed by atoms with van der Waals surface area (Å²) in [5.41, 5.74) is 1.49. The zero-order valence-corrected chi connectivity index (χ0v) is 22.3. The summed E-state index contributed by atoms with van der Waals surface area (Å²) in [7, 11) is -3.88. The Balaban J connectivity index is 1.70. The van der Waals surface area contributed by atoms with Crippen LogP contribution in [0.3, 0.4) is 0 Å². The Morgan fingerprint density at radius 2 is 1.97 bits per heavy atom. The number of rotatable bonds is 8. The number of aromatic nitrogens is 1. The molecule has 2 heterocycles. The molecule has 0 saturated carbocycles. The molecule has 1 unspecified atom stereocenters. The maximum atomic E-state index is 13.3. The molecule has 2 aromatic carbocycles. The van der Waals surface area contributed by atoms with Gasteiger partial charge in [-0.3, -0.25) is 9.59 Å². The minimum Gasteiger partial charge on any atom is -0.380 e. The minimum absolute atomic E-state index is 0.0886. The van der Waals surface area contributed by atoms with Crippen molar-refractivity contribution in [3.05, 3.63) is 52.3 Å². The standard InChI is InChI=1S/C24H27ClN4O5S2/c1-3-34-14-13-28-20-11-8-18(26-16(2)30)15-22(20)35-24(28)27-23(31)21-5-4-12-29(21)36(32,33)19-9-6-17(25)7-10-19/h6-11,15,21H,3-5,12-14H2,1-2H3,(H,26,30). The van der Waals surface area contributed by atoms with Crippen LogP contribution in [0.25, 0.3) is 10.2 Å². The van der Waals surface area contributed by atoms with Crippen LogP contribution in [0.2, 0.25) is 5.02 Å². The van der Waals surface area contributed by atoms with Gasteiger partial charge in [-0.05, 0) is 62.2 Å². The molecule has 192 valence electrons. The smallest absolute Gasteiger partial charge is 0.266 e. The average Bonchev–Trinajstić information content (AvgIpc) is 3.45. The van der Waals surface area contributed by atoms with E-state index in [9.17, 15) is 18.0 Å². The first kappa shape index (κ1) is 26.5. The van der Waals surface area contributed by atoms with E-state index in [0.29, 0.717) is 48.1 Å². The van der Waals surface area contributed by atoms with E-state index >= 15 is 0 Å². The quantitative estimate of drug-likeness (QED) is 0.431. The van der Waals surface area contributed by atoms with Crippen LogP contribution in [-0.2, 0) is 30.9 Å². The van der Waals surface area contributed by atoms with Crippen molar-refractivity contribution in [2.24, 2.45) is 4.99 Å². The Labute approximate surface area is 218 Å². The lowest BCUT2D eigenvalue weighted by Gasteiger charge is -2.21. The van der Waals surface area contributed by atoms with Crippen LogP contribution < -0.4 is 10.1 Å². The van der Waals surface area contributed by atoms with E-state index in [1.165, 1.54) is 46.8 Å². The maximum Gasteiger partial charge on any atom is 0.266 e. The fourth-order valence-electron chi connectivity index (χ4n) is 4.14. The van der Waals surface area contributed by atoms with Crippen molar-refractivity contribution in [1.82, 2.24) is 8.87 Å². The zero-order chi connectivity index (χ0) is 25.9. The summed E-state index contributed by atoms with van der Waals surface area (Å²) < 4.78 is 36.0. The highest BCUT2D eigenvalue weighted by molar-refractivity contribution is 7.89. The molecule has 12 heteroatoms. The van der Waals surface area contributed by atoms with Crippen molar-refractivity contribution in [3.8, 4) is 0 Å². The molecule has 1 aliphatic heterocycles. The minimum atomic E-state index is -3.88. The highest BCUT2D eigenvalue weighted by Crippen LogP contribution is 2.28. The third-order valence-electron chi connectivity index (χ3n) is 5.78. The second kappa shape index (κ2) is 11.2. The Bertz CT molecular complexity index is 1450. The lowest BCUT2D eigenvalue weighted by atomic mass is 10.2. The number of carbonyl (C=O) groups is 2. The first-order valence-corrected chi connectivity index (χ1v) is 14.2. The molecule has 2 amide bonds. The van der Waals surface area contributed by atoms with Gasteiger partial charge in [0.2, 0.25) is 15.9 Å². The lowest BCUT2D eigenvalue weighted by molar-refractivity contribution is -0.121. The largest absolute Gasteiger partial charge is 0.380 e. The summed E-state index contributed by atoms with van der Waals surface area (Å²) in [6.07, 6.45) is 0.960. The Hall–Kier alpha value is -2.57. The molecule has 9 nitrogen and oxygen atoms in total. The summed E-state index contributed by atoms with van der Waals surface area (Å²) in [6, 6.07) is 10.5. The van der Waals surface area contributed by atoms with Gasteiger partial charge in [0.1, 0.15) is 6.04 Å². The third kappa shape index (κ3) is 5.70. The molecular formula is C24H27ClN4O5S2. The number of sulfonamides is 1. The van der Waals surface area contributed by atoms with E-state index < -0.39 is 22.0 Å². The van der Waals surface area contributed by atoms with Crippen molar-refractivity contribution >= 4 is 60.7 Å². The number of anilines is 1. The topological polar surface area (TPSA) is 110 Å². The number of nitrogens with one attached hydrogen (secondary N) is 1. The molecule has 36 heavy (non-hydrogen) atoms. The van der Waals surface area contributed by atoms with Crippen LogP contribution >= 0.6 is 22.9 Å². The molecule has 0 radical (unpaired) electrons. The monoisotopic (exact) mass is 550 g/mol. The van der Waals surface area contributed by atoms with Gasteiger partial charge in [-0.25, -0.2) is 8.42 Å². The first-order chi connectivity index (χ1) is 17.2. The van der Waals surface area contributed by atoms with Crippen LogP contribution in [0.15, 0.2) is 52.4 Å². The number of thiazole rings is 1. The summed E-state index contributed by atoms with van der Waals surface area (Å²) in [4.78, 5) is 29.7. The molecule has 1 saturated heterocycles. The molecular weight excluding hydrogens is 524 g/mol. The van der Waals surface area contributed by atoms with Gasteiger partial charge in [0, 0.05) is 37.3 Å². The molecule has 4 rings (SSSR count). The molecule has 1 fully saturated rings. The highest BCUT2D eigenvalue weighted by atomic mass is 35.5. The number of ether oxygens (including phenoxy) is 1. The molecule has 0 spiro atoms. The Kier molecular flexibility index (Phi) is 8.26. The van der Waals surface area contributed by atoms with Crippen LogP contribution in [0.1, 0.15) is 26.7 Å². The molecule has 1 atom stereocenters. The molecule has 0 aliphatic carbocycles. The van der Waals surface area contributed by atoms with Gasteiger partial charge in [-0.15, -0.1) is 0 Å². The van der Waals surface area contributed by atoms with Gasteiger partial charge in [-0.2, -0.15) is 9.30 Å². The zero-order valence-electron chi connectivity index (χ0n) is 19.9. The van der Waals surface area contributed by atoms with Gasteiger partial charge in [-0.1, -0.05) is 22.9 Å². The number of fused-ring (bicyclic) bond motifs is 1. The fourth-order valence-corrected chi connectivity index (χ4v) is 7.02. The van der Waals surface area contributed by atoms with Gasteiger partial charge in [0.25, 0.3) is 5.91 Å². The Morgan fingerprint density at radius 1 is 1.22 bits per heavy atom. The summed E-state index contributed by atoms with van der Waals surface area (Å²) >= 11 is 7.21. The molecule has 3 aromatic rings. The molecule has 1 aromatic heterocycles. The van der Waals surface area contributed by atoms with Gasteiger partial charge in [0.15, 0.2) is 4.80 Å². The van der Waals surface area contributed by atoms with Crippen molar-refractivity contribution < 1.29 is 22.7 Å². The van der Waals surface area contributed by atoms with E-state index in [4.69, 9.17) is 16.3 Å². The van der Waals surface area contributed by atoms with E-state index in [0.717, 1.165) is 10.2 Å². The van der Waals surface area contributed by atoms with Crippen LogP contribution in [0.5, 0.6) is 0 Å². The molecule has 0 bridgehead atoms. The lowest BCUT2D eigenvalue weighted by Crippen LogP contribution is -2.40. The number of halogens is 1. The SMILES string of the molecule is CCOCCn1c(=NC(=O)C2CCCN2S(=O)(=O)c2ccc(Cl)cc2)sc2cc(NC(C)=O)ccc21. The van der Waals surface area contributed by atoms with Crippen LogP contribution in [-0.4, -0.2) is 54.9 Å². The van der Waals surface area contributed by atoms with Crippen molar-refractivity contribution in [1.29, 1.82) is 0 Å². The van der Waals surface area contributed by atoms with Gasteiger partial charge in [0.05, 0.1) is 21.7 Å².